The largest absolute Gasteiger partial charge is 0.466 e. The molecule has 0 spiro atoms. The molecule has 2 aromatic rings. The maximum atomic E-state index is 11.6. The monoisotopic (exact) mass is 244 g/mol. The van der Waals surface area contributed by atoms with Crippen LogP contribution in [-0.4, -0.2) is 22.5 Å². The fourth-order valence-corrected chi connectivity index (χ4v) is 2.75. The molecule has 0 aliphatic heterocycles. The Kier molecular flexibility index (Phi) is 2.78. The number of carbonyl (C=O) groups excluding carboxylic acids is 1. The van der Waals surface area contributed by atoms with Crippen LogP contribution in [0.3, 0.4) is 0 Å². The van der Waals surface area contributed by atoms with E-state index in [0.29, 0.717) is 6.61 Å². The van der Waals surface area contributed by atoms with Crippen molar-refractivity contribution in [3.05, 3.63) is 29.2 Å². The topological polar surface area (TPSA) is 55.0 Å². The molecule has 3 rings (SSSR count). The summed E-state index contributed by atoms with van der Waals surface area (Å²) in [6, 6.07) is 1.97. The molecule has 1 aliphatic carbocycles. The number of carbonyl (C=O) groups is 1. The minimum Gasteiger partial charge on any atom is -0.466 e. The van der Waals surface area contributed by atoms with Gasteiger partial charge in [0.1, 0.15) is 0 Å². The Hall–Kier alpha value is -1.84. The lowest BCUT2D eigenvalue weighted by Gasteiger charge is -2.04. The first kappa shape index (κ1) is 11.3. The van der Waals surface area contributed by atoms with Crippen LogP contribution in [0, 0.1) is 0 Å². The molecule has 0 saturated carbocycles. The number of pyridine rings is 1. The first-order valence-electron chi connectivity index (χ1n) is 6.42. The summed E-state index contributed by atoms with van der Waals surface area (Å²) in [4.78, 5) is 19.4. The molecule has 4 nitrogen and oxygen atoms in total. The quantitative estimate of drug-likeness (QED) is 0.842. The molecule has 4 heteroatoms. The van der Waals surface area contributed by atoms with Gasteiger partial charge in [-0.05, 0) is 37.8 Å². The Morgan fingerprint density at radius 3 is 3.22 bits per heavy atom. The first-order chi connectivity index (χ1) is 8.79. The van der Waals surface area contributed by atoms with Gasteiger partial charge in [0.05, 0.1) is 18.7 Å². The zero-order chi connectivity index (χ0) is 12.5. The molecule has 0 fully saturated rings. The van der Waals surface area contributed by atoms with Gasteiger partial charge < -0.3 is 9.72 Å². The fourth-order valence-electron chi connectivity index (χ4n) is 2.75. The number of H-pyrrole nitrogens is 1. The standard InChI is InChI=1S/C14H16N2O2/c1-2-18-13(17)8-12-14-9-4-3-5-10(9)16-11(14)6-7-15-12/h6-7,16H,2-5,8H2,1H3. The number of aromatic amines is 1. The van der Waals surface area contributed by atoms with Crippen molar-refractivity contribution in [3.8, 4) is 0 Å². The molecule has 0 saturated heterocycles. The van der Waals surface area contributed by atoms with Gasteiger partial charge in [0.15, 0.2) is 0 Å². The second-order valence-corrected chi connectivity index (χ2v) is 4.60. The Labute approximate surface area is 105 Å². The maximum absolute atomic E-state index is 11.6. The molecular weight excluding hydrogens is 228 g/mol. The van der Waals surface area contributed by atoms with Crippen LogP contribution in [0.1, 0.15) is 30.3 Å². The lowest BCUT2D eigenvalue weighted by molar-refractivity contribution is -0.142. The van der Waals surface area contributed by atoms with Crippen molar-refractivity contribution in [2.45, 2.75) is 32.6 Å². The number of nitrogens with one attached hydrogen (secondary N) is 1. The SMILES string of the molecule is CCOC(=O)Cc1nccc2[nH]c3c(c12)CCC3. The van der Waals surface area contributed by atoms with Gasteiger partial charge in [-0.1, -0.05) is 0 Å². The van der Waals surface area contributed by atoms with Gasteiger partial charge in [0.25, 0.3) is 0 Å². The molecule has 18 heavy (non-hydrogen) atoms. The van der Waals surface area contributed by atoms with Crippen LogP contribution in [0.4, 0.5) is 0 Å². The molecule has 1 aliphatic rings. The Balaban J connectivity index is 2.03. The summed E-state index contributed by atoms with van der Waals surface area (Å²) in [6.07, 6.45) is 5.38. The number of rotatable bonds is 3. The highest BCUT2D eigenvalue weighted by Crippen LogP contribution is 2.31. The van der Waals surface area contributed by atoms with Crippen LogP contribution in [-0.2, 0) is 28.8 Å². The normalized spacial score (nSPS) is 13.8. The molecule has 94 valence electrons. The summed E-state index contributed by atoms with van der Waals surface area (Å²) < 4.78 is 5.00. The van der Waals surface area contributed by atoms with Gasteiger partial charge in [-0.3, -0.25) is 9.78 Å². The highest BCUT2D eigenvalue weighted by Gasteiger charge is 2.20. The summed E-state index contributed by atoms with van der Waals surface area (Å²) in [7, 11) is 0. The van der Waals surface area contributed by atoms with Gasteiger partial charge in [-0.25, -0.2) is 0 Å². The number of esters is 1. The highest BCUT2D eigenvalue weighted by molar-refractivity contribution is 5.90. The maximum Gasteiger partial charge on any atom is 0.311 e. The van der Waals surface area contributed by atoms with E-state index in [0.717, 1.165) is 29.4 Å². The first-order valence-corrected chi connectivity index (χ1v) is 6.42. The van der Waals surface area contributed by atoms with Crippen molar-refractivity contribution in [3.63, 3.8) is 0 Å². The van der Waals surface area contributed by atoms with E-state index in [4.69, 9.17) is 4.74 Å². The molecule has 0 radical (unpaired) electrons. The van der Waals surface area contributed by atoms with Gasteiger partial charge in [-0.2, -0.15) is 0 Å². The van der Waals surface area contributed by atoms with Crippen molar-refractivity contribution in [1.29, 1.82) is 0 Å². The van der Waals surface area contributed by atoms with Crippen molar-refractivity contribution < 1.29 is 9.53 Å². The third kappa shape index (κ3) is 1.78. The lowest BCUT2D eigenvalue weighted by atomic mass is 10.1. The summed E-state index contributed by atoms with van der Waals surface area (Å²) in [5.41, 5.74) is 4.58. The van der Waals surface area contributed by atoms with Gasteiger partial charge in [0, 0.05) is 22.8 Å². The van der Waals surface area contributed by atoms with E-state index in [-0.39, 0.29) is 12.4 Å². The average molecular weight is 244 g/mol. The van der Waals surface area contributed by atoms with Crippen LogP contribution >= 0.6 is 0 Å². The van der Waals surface area contributed by atoms with E-state index in [1.54, 1.807) is 6.20 Å². The highest BCUT2D eigenvalue weighted by atomic mass is 16.5. The van der Waals surface area contributed by atoms with E-state index >= 15 is 0 Å². The molecular formula is C14H16N2O2. The van der Waals surface area contributed by atoms with Crippen LogP contribution in [0.15, 0.2) is 12.3 Å². The Morgan fingerprint density at radius 2 is 2.39 bits per heavy atom. The summed E-state index contributed by atoms with van der Waals surface area (Å²) in [5.74, 6) is -0.203. The van der Waals surface area contributed by atoms with Crippen LogP contribution < -0.4 is 0 Å². The predicted molar refractivity (Wildman–Crippen MR) is 68.5 cm³/mol. The Morgan fingerprint density at radius 1 is 1.50 bits per heavy atom. The van der Waals surface area contributed by atoms with Gasteiger partial charge in [0.2, 0.25) is 0 Å². The van der Waals surface area contributed by atoms with Gasteiger partial charge in [-0.15, -0.1) is 0 Å². The van der Waals surface area contributed by atoms with Gasteiger partial charge >= 0.3 is 5.97 Å². The van der Waals surface area contributed by atoms with E-state index in [1.165, 1.54) is 17.7 Å². The van der Waals surface area contributed by atoms with Crippen molar-refractivity contribution in [2.75, 3.05) is 6.61 Å². The second kappa shape index (κ2) is 4.44. The molecule has 0 bridgehead atoms. The predicted octanol–water partition coefficient (Wildman–Crippen LogP) is 2.16. The summed E-state index contributed by atoms with van der Waals surface area (Å²) in [6.45, 7) is 2.24. The zero-order valence-electron chi connectivity index (χ0n) is 10.5. The average Bonchev–Trinajstić information content (AvgIpc) is 2.89. The molecule has 2 aromatic heterocycles. The van der Waals surface area contributed by atoms with E-state index < -0.39 is 0 Å². The minimum atomic E-state index is -0.203. The van der Waals surface area contributed by atoms with E-state index in [9.17, 15) is 4.79 Å². The minimum absolute atomic E-state index is 0.203. The molecule has 0 amide bonds. The van der Waals surface area contributed by atoms with Crippen LogP contribution in [0.25, 0.3) is 10.9 Å². The summed E-state index contributed by atoms with van der Waals surface area (Å²) >= 11 is 0. The number of fused-ring (bicyclic) bond motifs is 3. The molecule has 0 unspecified atom stereocenters. The third-order valence-electron chi connectivity index (χ3n) is 3.45. The van der Waals surface area contributed by atoms with Crippen molar-refractivity contribution in [1.82, 2.24) is 9.97 Å². The zero-order valence-corrected chi connectivity index (χ0v) is 10.5. The Bertz CT molecular complexity index is 601. The second-order valence-electron chi connectivity index (χ2n) is 4.60. The molecule has 2 heterocycles. The molecule has 0 atom stereocenters. The summed E-state index contributed by atoms with van der Waals surface area (Å²) in [5, 5.41) is 1.14. The van der Waals surface area contributed by atoms with Crippen molar-refractivity contribution in [2.24, 2.45) is 0 Å². The van der Waals surface area contributed by atoms with Crippen molar-refractivity contribution >= 4 is 16.9 Å². The number of aromatic nitrogens is 2. The fraction of sp³-hybridized carbons (Fsp3) is 0.429. The number of hydrogen-bond donors (Lipinski definition) is 1. The number of nitrogens with zero attached hydrogens (tertiary/aromatic N) is 1. The van der Waals surface area contributed by atoms with Crippen LogP contribution in [0.2, 0.25) is 0 Å². The number of hydrogen-bond acceptors (Lipinski definition) is 3. The van der Waals surface area contributed by atoms with E-state index in [1.807, 2.05) is 13.0 Å². The molecule has 0 aromatic carbocycles. The smallest absolute Gasteiger partial charge is 0.311 e. The number of ether oxygens (including phenoxy) is 1. The number of aryl methyl sites for hydroxylation is 2. The van der Waals surface area contributed by atoms with E-state index in [2.05, 4.69) is 9.97 Å². The lowest BCUT2D eigenvalue weighted by Crippen LogP contribution is -2.09. The van der Waals surface area contributed by atoms with Crippen LogP contribution in [0.5, 0.6) is 0 Å². The third-order valence-corrected chi connectivity index (χ3v) is 3.45. The molecule has 1 N–H and O–H groups in total.